The first-order valence-electron chi connectivity index (χ1n) is 5.96. The minimum absolute atomic E-state index is 0.119. The van der Waals surface area contributed by atoms with Gasteiger partial charge in [0.15, 0.2) is 10.8 Å². The fourth-order valence-corrected chi connectivity index (χ4v) is 2.45. The summed E-state index contributed by atoms with van der Waals surface area (Å²) in [5.41, 5.74) is 1.85. The molecule has 0 atom stereocenters. The van der Waals surface area contributed by atoms with Crippen molar-refractivity contribution in [1.29, 1.82) is 0 Å². The molecule has 1 aromatic heterocycles. The number of nitrogens with zero attached hydrogens (tertiary/aromatic N) is 3. The first-order chi connectivity index (χ1) is 9.04. The van der Waals surface area contributed by atoms with Gasteiger partial charge in [0.25, 0.3) is 0 Å². The average molecular weight is 280 g/mol. The van der Waals surface area contributed by atoms with E-state index in [9.17, 15) is 4.79 Å². The van der Waals surface area contributed by atoms with E-state index in [1.807, 2.05) is 4.90 Å². The van der Waals surface area contributed by atoms with Gasteiger partial charge in [-0.2, -0.15) is 5.10 Å². The van der Waals surface area contributed by atoms with Crippen molar-refractivity contribution in [3.05, 3.63) is 29.6 Å². The van der Waals surface area contributed by atoms with Crippen molar-refractivity contribution in [2.45, 2.75) is 13.0 Å². The fraction of sp³-hybridized carbons (Fsp3) is 0.417. The number of carboxylic acids is 1. The third-order valence-electron chi connectivity index (χ3n) is 3.13. The van der Waals surface area contributed by atoms with E-state index in [4.69, 9.17) is 17.3 Å². The minimum atomic E-state index is -0.997. The van der Waals surface area contributed by atoms with Crippen molar-refractivity contribution in [3.63, 3.8) is 0 Å². The molecule has 0 aliphatic carbocycles. The summed E-state index contributed by atoms with van der Waals surface area (Å²) in [5, 5.41) is 16.9. The SMILES string of the molecule is C=CCNC(=S)N1CCc2c(c(C(=O)O)nn2C)C1. The Bertz CT molecular complexity index is 538. The topological polar surface area (TPSA) is 70.4 Å². The van der Waals surface area contributed by atoms with Crippen LogP contribution in [0.2, 0.25) is 0 Å². The van der Waals surface area contributed by atoms with Crippen LogP contribution in [0.3, 0.4) is 0 Å². The fourth-order valence-electron chi connectivity index (χ4n) is 2.21. The largest absolute Gasteiger partial charge is 0.476 e. The van der Waals surface area contributed by atoms with Crippen LogP contribution in [0, 0.1) is 0 Å². The second-order valence-electron chi connectivity index (χ2n) is 4.35. The predicted molar refractivity (Wildman–Crippen MR) is 75.1 cm³/mol. The van der Waals surface area contributed by atoms with E-state index in [1.165, 1.54) is 0 Å². The lowest BCUT2D eigenvalue weighted by Crippen LogP contribution is -2.42. The van der Waals surface area contributed by atoms with Crippen LogP contribution in [0.25, 0.3) is 0 Å². The van der Waals surface area contributed by atoms with Gasteiger partial charge in [0.1, 0.15) is 0 Å². The summed E-state index contributed by atoms with van der Waals surface area (Å²) < 4.78 is 1.65. The van der Waals surface area contributed by atoms with Gasteiger partial charge in [-0.15, -0.1) is 6.58 Å². The van der Waals surface area contributed by atoms with E-state index >= 15 is 0 Å². The molecular formula is C12H16N4O2S. The molecule has 0 unspecified atom stereocenters. The zero-order valence-corrected chi connectivity index (χ0v) is 11.5. The highest BCUT2D eigenvalue weighted by Crippen LogP contribution is 2.22. The van der Waals surface area contributed by atoms with Crippen LogP contribution < -0.4 is 5.32 Å². The van der Waals surface area contributed by atoms with Gasteiger partial charge in [-0.25, -0.2) is 4.79 Å². The standard InChI is InChI=1S/C12H16N4O2S/c1-3-5-13-12(19)16-6-4-9-8(7-16)10(11(17)18)14-15(9)2/h3H,1,4-7H2,2H3,(H,13,19)(H,17,18). The van der Waals surface area contributed by atoms with Crippen molar-refractivity contribution in [1.82, 2.24) is 20.0 Å². The zero-order chi connectivity index (χ0) is 14.0. The number of hydrogen-bond acceptors (Lipinski definition) is 3. The quantitative estimate of drug-likeness (QED) is 0.622. The highest BCUT2D eigenvalue weighted by atomic mass is 32.1. The number of aryl methyl sites for hydroxylation is 1. The van der Waals surface area contributed by atoms with Gasteiger partial charge in [-0.3, -0.25) is 4.68 Å². The van der Waals surface area contributed by atoms with Crippen LogP contribution >= 0.6 is 12.2 Å². The lowest BCUT2D eigenvalue weighted by atomic mass is 10.1. The summed E-state index contributed by atoms with van der Waals surface area (Å²) in [7, 11) is 1.77. The molecule has 1 aliphatic rings. The number of hydrogen-bond donors (Lipinski definition) is 2. The lowest BCUT2D eigenvalue weighted by Gasteiger charge is -2.29. The molecule has 0 spiro atoms. The smallest absolute Gasteiger partial charge is 0.356 e. The number of carbonyl (C=O) groups is 1. The number of aromatic nitrogens is 2. The number of nitrogens with one attached hydrogen (secondary N) is 1. The maximum atomic E-state index is 11.2. The number of fused-ring (bicyclic) bond motifs is 1. The Hall–Kier alpha value is -1.89. The molecule has 0 fully saturated rings. The van der Waals surface area contributed by atoms with Crippen LogP contribution in [-0.2, 0) is 20.0 Å². The molecule has 0 amide bonds. The third-order valence-corrected chi connectivity index (χ3v) is 3.53. The maximum absolute atomic E-state index is 11.2. The van der Waals surface area contributed by atoms with Crippen LogP contribution in [0.1, 0.15) is 21.7 Å². The second kappa shape index (κ2) is 5.40. The van der Waals surface area contributed by atoms with Crippen LogP contribution in [0.4, 0.5) is 0 Å². The highest BCUT2D eigenvalue weighted by Gasteiger charge is 2.27. The minimum Gasteiger partial charge on any atom is -0.476 e. The van der Waals surface area contributed by atoms with Crippen LogP contribution in [-0.4, -0.2) is 44.0 Å². The molecule has 0 saturated heterocycles. The zero-order valence-electron chi connectivity index (χ0n) is 10.7. The lowest BCUT2D eigenvalue weighted by molar-refractivity contribution is 0.0687. The molecule has 0 radical (unpaired) electrons. The third kappa shape index (κ3) is 2.60. The van der Waals surface area contributed by atoms with Gasteiger partial charge in [0, 0.05) is 44.4 Å². The Kier molecular flexibility index (Phi) is 3.84. The van der Waals surface area contributed by atoms with Gasteiger partial charge in [0.05, 0.1) is 0 Å². The predicted octanol–water partition coefficient (Wildman–Crippen LogP) is 0.537. The molecule has 2 N–H and O–H groups in total. The summed E-state index contributed by atoms with van der Waals surface area (Å²) in [5.74, 6) is -0.997. The highest BCUT2D eigenvalue weighted by molar-refractivity contribution is 7.80. The van der Waals surface area contributed by atoms with Crippen LogP contribution in [0.5, 0.6) is 0 Å². The van der Waals surface area contributed by atoms with Crippen LogP contribution in [0.15, 0.2) is 12.7 Å². The van der Waals surface area contributed by atoms with Gasteiger partial charge >= 0.3 is 5.97 Å². The number of carboxylic acid groups (broad SMARTS) is 1. The maximum Gasteiger partial charge on any atom is 0.356 e. The number of aromatic carboxylic acids is 1. The van der Waals surface area contributed by atoms with Crippen molar-refractivity contribution < 1.29 is 9.90 Å². The number of thiocarbonyl (C=S) groups is 1. The molecule has 1 aliphatic heterocycles. The summed E-state index contributed by atoms with van der Waals surface area (Å²) in [6, 6.07) is 0. The van der Waals surface area contributed by atoms with Crippen molar-refractivity contribution in [3.8, 4) is 0 Å². The summed E-state index contributed by atoms with van der Waals surface area (Å²) in [6.07, 6.45) is 2.47. The summed E-state index contributed by atoms with van der Waals surface area (Å²) >= 11 is 5.28. The first-order valence-corrected chi connectivity index (χ1v) is 6.37. The molecule has 0 bridgehead atoms. The van der Waals surface area contributed by atoms with Crippen molar-refractivity contribution >= 4 is 23.3 Å². The molecule has 2 heterocycles. The Balaban J connectivity index is 2.20. The van der Waals surface area contributed by atoms with E-state index in [-0.39, 0.29) is 5.69 Å². The normalized spacial score (nSPS) is 13.8. The van der Waals surface area contributed by atoms with E-state index in [1.54, 1.807) is 17.8 Å². The van der Waals surface area contributed by atoms with Gasteiger partial charge < -0.3 is 15.3 Å². The molecular weight excluding hydrogens is 264 g/mol. The van der Waals surface area contributed by atoms with Gasteiger partial charge in [-0.05, 0) is 12.2 Å². The molecule has 0 aromatic carbocycles. The molecule has 2 rings (SSSR count). The van der Waals surface area contributed by atoms with E-state index in [0.29, 0.717) is 18.2 Å². The Morgan fingerprint density at radius 3 is 3.05 bits per heavy atom. The Morgan fingerprint density at radius 1 is 1.68 bits per heavy atom. The second-order valence-corrected chi connectivity index (χ2v) is 4.74. The van der Waals surface area contributed by atoms with E-state index in [2.05, 4.69) is 17.0 Å². The summed E-state index contributed by atoms with van der Waals surface area (Å²) in [4.78, 5) is 13.1. The summed E-state index contributed by atoms with van der Waals surface area (Å²) in [6.45, 7) is 5.46. The molecule has 0 saturated carbocycles. The monoisotopic (exact) mass is 280 g/mol. The molecule has 1 aromatic rings. The molecule has 19 heavy (non-hydrogen) atoms. The van der Waals surface area contributed by atoms with E-state index < -0.39 is 5.97 Å². The van der Waals surface area contributed by atoms with Gasteiger partial charge in [0.2, 0.25) is 0 Å². The number of rotatable bonds is 3. The first kappa shape index (κ1) is 13.5. The molecule has 102 valence electrons. The van der Waals surface area contributed by atoms with E-state index in [0.717, 1.165) is 24.2 Å². The molecule has 7 heteroatoms. The van der Waals surface area contributed by atoms with Crippen molar-refractivity contribution in [2.24, 2.45) is 7.05 Å². The molecule has 6 nitrogen and oxygen atoms in total. The Labute approximate surface area is 116 Å². The van der Waals surface area contributed by atoms with Crippen molar-refractivity contribution in [2.75, 3.05) is 13.1 Å². The average Bonchev–Trinajstić information content (AvgIpc) is 2.73. The Morgan fingerprint density at radius 2 is 2.42 bits per heavy atom. The van der Waals surface area contributed by atoms with Gasteiger partial charge in [-0.1, -0.05) is 6.08 Å².